The van der Waals surface area contributed by atoms with E-state index in [0.717, 1.165) is 31.2 Å². The van der Waals surface area contributed by atoms with Crippen LogP contribution in [0, 0.1) is 0 Å². The van der Waals surface area contributed by atoms with Gasteiger partial charge in [0.1, 0.15) is 0 Å². The number of amides is 1. The van der Waals surface area contributed by atoms with Crippen molar-refractivity contribution >= 4 is 5.91 Å². The SMILES string of the molecule is CCN(CC)C(=O)c1ccc(-c2nc(C3(N)CCCC3)no2)cc1. The molecule has 0 radical (unpaired) electrons. The number of carbonyl (C=O) groups excluding carboxylic acids is 1. The number of aromatic nitrogens is 2. The fraction of sp³-hybridized carbons (Fsp3) is 0.500. The molecule has 0 unspecified atom stereocenters. The van der Waals surface area contributed by atoms with Crippen LogP contribution >= 0.6 is 0 Å². The van der Waals surface area contributed by atoms with Gasteiger partial charge in [0.15, 0.2) is 5.82 Å². The quantitative estimate of drug-likeness (QED) is 0.912. The summed E-state index contributed by atoms with van der Waals surface area (Å²) in [5.74, 6) is 1.06. The zero-order valence-corrected chi connectivity index (χ0v) is 14.3. The first kappa shape index (κ1) is 16.6. The highest BCUT2D eigenvalue weighted by Gasteiger charge is 2.36. The minimum Gasteiger partial charge on any atom is -0.339 e. The molecule has 3 rings (SSSR count). The molecule has 0 spiro atoms. The van der Waals surface area contributed by atoms with Gasteiger partial charge in [0.2, 0.25) is 0 Å². The van der Waals surface area contributed by atoms with Crippen LogP contribution < -0.4 is 5.73 Å². The second kappa shape index (κ2) is 6.73. The topological polar surface area (TPSA) is 85.2 Å². The molecule has 0 atom stereocenters. The zero-order chi connectivity index (χ0) is 17.2. The van der Waals surface area contributed by atoms with Crippen molar-refractivity contribution in [2.75, 3.05) is 13.1 Å². The van der Waals surface area contributed by atoms with Crippen LogP contribution in [0.1, 0.15) is 55.7 Å². The van der Waals surface area contributed by atoms with Gasteiger partial charge in [-0.1, -0.05) is 18.0 Å². The van der Waals surface area contributed by atoms with E-state index in [2.05, 4.69) is 10.1 Å². The molecule has 1 aliphatic carbocycles. The first-order valence-electron chi connectivity index (χ1n) is 8.60. The third-order valence-corrected chi connectivity index (χ3v) is 4.80. The number of nitrogens with two attached hydrogens (primary N) is 1. The molecule has 1 heterocycles. The molecule has 1 amide bonds. The predicted octanol–water partition coefficient (Wildman–Crippen LogP) is 2.95. The van der Waals surface area contributed by atoms with Crippen molar-refractivity contribution in [1.82, 2.24) is 15.0 Å². The lowest BCUT2D eigenvalue weighted by molar-refractivity contribution is 0.0773. The van der Waals surface area contributed by atoms with Crippen molar-refractivity contribution < 1.29 is 9.32 Å². The van der Waals surface area contributed by atoms with E-state index in [1.54, 1.807) is 17.0 Å². The summed E-state index contributed by atoms with van der Waals surface area (Å²) in [6.07, 6.45) is 3.98. The van der Waals surface area contributed by atoms with Gasteiger partial charge in [-0.15, -0.1) is 0 Å². The van der Waals surface area contributed by atoms with Crippen LogP contribution in [-0.2, 0) is 5.54 Å². The normalized spacial score (nSPS) is 16.3. The minimum absolute atomic E-state index is 0.0321. The molecule has 6 nitrogen and oxygen atoms in total. The van der Waals surface area contributed by atoms with Gasteiger partial charge in [0.25, 0.3) is 11.8 Å². The number of hydrogen-bond acceptors (Lipinski definition) is 5. The van der Waals surface area contributed by atoms with E-state index in [4.69, 9.17) is 10.3 Å². The Kier molecular flexibility index (Phi) is 4.66. The summed E-state index contributed by atoms with van der Waals surface area (Å²) >= 11 is 0. The first-order valence-corrected chi connectivity index (χ1v) is 8.60. The Morgan fingerprint density at radius 3 is 2.42 bits per heavy atom. The van der Waals surface area contributed by atoms with E-state index in [-0.39, 0.29) is 5.91 Å². The second-order valence-electron chi connectivity index (χ2n) is 6.34. The molecular formula is C18H24N4O2. The Balaban J connectivity index is 1.79. The summed E-state index contributed by atoms with van der Waals surface area (Å²) in [7, 11) is 0. The third-order valence-electron chi connectivity index (χ3n) is 4.80. The molecule has 1 aromatic heterocycles. The Morgan fingerprint density at radius 2 is 1.83 bits per heavy atom. The van der Waals surface area contributed by atoms with E-state index in [9.17, 15) is 4.79 Å². The lowest BCUT2D eigenvalue weighted by atomic mass is 9.98. The number of hydrogen-bond donors (Lipinski definition) is 1. The fourth-order valence-electron chi connectivity index (χ4n) is 3.22. The molecule has 1 saturated carbocycles. The molecule has 0 bridgehead atoms. The van der Waals surface area contributed by atoms with Crippen LogP contribution in [0.5, 0.6) is 0 Å². The fourth-order valence-corrected chi connectivity index (χ4v) is 3.22. The molecule has 1 aromatic carbocycles. The van der Waals surface area contributed by atoms with Gasteiger partial charge < -0.3 is 15.2 Å². The maximum Gasteiger partial charge on any atom is 0.257 e. The molecule has 6 heteroatoms. The average Bonchev–Trinajstić information content (AvgIpc) is 3.26. The van der Waals surface area contributed by atoms with Crippen LogP contribution in [-0.4, -0.2) is 34.0 Å². The molecular weight excluding hydrogens is 304 g/mol. The smallest absolute Gasteiger partial charge is 0.257 e. The summed E-state index contributed by atoms with van der Waals surface area (Å²) in [6.45, 7) is 5.34. The second-order valence-corrected chi connectivity index (χ2v) is 6.34. The monoisotopic (exact) mass is 328 g/mol. The van der Waals surface area contributed by atoms with Crippen molar-refractivity contribution in [2.24, 2.45) is 5.73 Å². The standard InChI is InChI=1S/C18H24N4O2/c1-3-22(4-2)16(23)14-9-7-13(8-10-14)15-20-17(21-24-15)18(19)11-5-6-12-18/h7-10H,3-6,11-12,19H2,1-2H3. The Morgan fingerprint density at radius 1 is 1.21 bits per heavy atom. The number of rotatable bonds is 5. The predicted molar refractivity (Wildman–Crippen MR) is 91.3 cm³/mol. The summed E-state index contributed by atoms with van der Waals surface area (Å²) in [5.41, 5.74) is 7.36. The van der Waals surface area contributed by atoms with Crippen LogP contribution in [0.3, 0.4) is 0 Å². The molecule has 128 valence electrons. The molecule has 24 heavy (non-hydrogen) atoms. The Bertz CT molecular complexity index is 698. The first-order chi connectivity index (χ1) is 11.6. The van der Waals surface area contributed by atoms with Crippen molar-refractivity contribution in [1.29, 1.82) is 0 Å². The highest BCUT2D eigenvalue weighted by Crippen LogP contribution is 2.35. The lowest BCUT2D eigenvalue weighted by Gasteiger charge is -2.18. The lowest BCUT2D eigenvalue weighted by Crippen LogP contribution is -2.34. The maximum atomic E-state index is 12.3. The number of benzene rings is 1. The van der Waals surface area contributed by atoms with Crippen LogP contribution in [0.25, 0.3) is 11.5 Å². The molecule has 0 saturated heterocycles. The van der Waals surface area contributed by atoms with E-state index >= 15 is 0 Å². The van der Waals surface area contributed by atoms with Crippen molar-refractivity contribution in [3.8, 4) is 11.5 Å². The zero-order valence-electron chi connectivity index (χ0n) is 14.3. The Hall–Kier alpha value is -2.21. The highest BCUT2D eigenvalue weighted by molar-refractivity contribution is 5.94. The summed E-state index contributed by atoms with van der Waals surface area (Å²) in [4.78, 5) is 18.6. The van der Waals surface area contributed by atoms with Crippen LogP contribution in [0.15, 0.2) is 28.8 Å². The highest BCUT2D eigenvalue weighted by atomic mass is 16.5. The number of nitrogens with zero attached hydrogens (tertiary/aromatic N) is 3. The number of carbonyl (C=O) groups is 1. The molecule has 1 fully saturated rings. The van der Waals surface area contributed by atoms with Gasteiger partial charge in [-0.2, -0.15) is 4.98 Å². The van der Waals surface area contributed by atoms with Gasteiger partial charge >= 0.3 is 0 Å². The van der Waals surface area contributed by atoms with Gasteiger partial charge in [0.05, 0.1) is 5.54 Å². The summed E-state index contributed by atoms with van der Waals surface area (Å²) in [5, 5.41) is 4.07. The molecule has 1 aliphatic rings. The van der Waals surface area contributed by atoms with E-state index < -0.39 is 5.54 Å². The van der Waals surface area contributed by atoms with E-state index in [1.807, 2.05) is 26.0 Å². The van der Waals surface area contributed by atoms with Crippen molar-refractivity contribution in [3.63, 3.8) is 0 Å². The van der Waals surface area contributed by atoms with E-state index in [1.165, 1.54) is 0 Å². The van der Waals surface area contributed by atoms with Gasteiger partial charge in [-0.05, 0) is 51.0 Å². The molecule has 0 aliphatic heterocycles. The summed E-state index contributed by atoms with van der Waals surface area (Å²) in [6, 6.07) is 7.28. The van der Waals surface area contributed by atoms with Gasteiger partial charge in [0, 0.05) is 24.2 Å². The van der Waals surface area contributed by atoms with Crippen molar-refractivity contribution in [2.45, 2.75) is 45.1 Å². The average molecular weight is 328 g/mol. The minimum atomic E-state index is -0.458. The maximum absolute atomic E-state index is 12.3. The van der Waals surface area contributed by atoms with E-state index in [0.29, 0.717) is 30.4 Å². The van der Waals surface area contributed by atoms with Crippen LogP contribution in [0.4, 0.5) is 0 Å². The van der Waals surface area contributed by atoms with Gasteiger partial charge in [-0.25, -0.2) is 0 Å². The third kappa shape index (κ3) is 3.06. The van der Waals surface area contributed by atoms with Gasteiger partial charge in [-0.3, -0.25) is 4.79 Å². The Labute approximate surface area is 142 Å². The summed E-state index contributed by atoms with van der Waals surface area (Å²) < 4.78 is 5.38. The molecule has 2 aromatic rings. The largest absolute Gasteiger partial charge is 0.339 e. The van der Waals surface area contributed by atoms with Crippen molar-refractivity contribution in [3.05, 3.63) is 35.7 Å². The molecule has 2 N–H and O–H groups in total. The van der Waals surface area contributed by atoms with Crippen LogP contribution in [0.2, 0.25) is 0 Å².